The summed E-state index contributed by atoms with van der Waals surface area (Å²) in [6, 6.07) is 16.8. The molecule has 1 saturated heterocycles. The molecule has 2 aromatic rings. The molecular formula is C20H25N3O. The van der Waals surface area contributed by atoms with Gasteiger partial charge in [-0.05, 0) is 56.2 Å². The molecule has 24 heavy (non-hydrogen) atoms. The second-order valence-corrected chi connectivity index (χ2v) is 6.41. The summed E-state index contributed by atoms with van der Waals surface area (Å²) in [5, 5.41) is 3.00. The van der Waals surface area contributed by atoms with Gasteiger partial charge in [-0.2, -0.15) is 0 Å². The quantitative estimate of drug-likeness (QED) is 0.921. The predicted molar refractivity (Wildman–Crippen MR) is 99.8 cm³/mol. The third-order valence-corrected chi connectivity index (χ3v) is 4.78. The maximum Gasteiger partial charge on any atom is 0.321 e. The van der Waals surface area contributed by atoms with Crippen molar-refractivity contribution >= 4 is 17.4 Å². The molecule has 0 bridgehead atoms. The van der Waals surface area contributed by atoms with Crippen LogP contribution in [0.1, 0.15) is 18.1 Å². The van der Waals surface area contributed by atoms with Crippen LogP contribution in [-0.2, 0) is 0 Å². The van der Waals surface area contributed by atoms with Crippen molar-refractivity contribution in [1.29, 1.82) is 0 Å². The molecule has 0 saturated carbocycles. The predicted octanol–water partition coefficient (Wildman–Crippen LogP) is 4.05. The van der Waals surface area contributed by atoms with E-state index in [9.17, 15) is 4.79 Å². The Balaban J connectivity index is 1.57. The van der Waals surface area contributed by atoms with Crippen molar-refractivity contribution < 1.29 is 4.79 Å². The number of likely N-dealkylation sites (tertiary alicyclic amines) is 1. The van der Waals surface area contributed by atoms with Crippen LogP contribution in [0.2, 0.25) is 0 Å². The highest BCUT2D eigenvalue weighted by atomic mass is 16.2. The Morgan fingerprint density at radius 1 is 1.12 bits per heavy atom. The van der Waals surface area contributed by atoms with Crippen LogP contribution in [0.3, 0.4) is 0 Å². The Morgan fingerprint density at radius 3 is 2.46 bits per heavy atom. The van der Waals surface area contributed by atoms with E-state index >= 15 is 0 Å². The number of para-hydroxylation sites is 1. The highest BCUT2D eigenvalue weighted by molar-refractivity contribution is 5.90. The molecule has 0 atom stereocenters. The lowest BCUT2D eigenvalue weighted by atomic mass is 10.1. The van der Waals surface area contributed by atoms with Gasteiger partial charge in [-0.15, -0.1) is 0 Å². The van der Waals surface area contributed by atoms with Crippen LogP contribution in [0.25, 0.3) is 0 Å². The molecule has 2 aromatic carbocycles. The number of amides is 2. The van der Waals surface area contributed by atoms with Crippen molar-refractivity contribution in [2.45, 2.75) is 26.8 Å². The summed E-state index contributed by atoms with van der Waals surface area (Å²) in [6.45, 7) is 8.76. The zero-order chi connectivity index (χ0) is 17.1. The summed E-state index contributed by atoms with van der Waals surface area (Å²) in [4.78, 5) is 16.6. The van der Waals surface area contributed by atoms with Crippen LogP contribution in [0.4, 0.5) is 16.2 Å². The van der Waals surface area contributed by atoms with Gasteiger partial charge in [-0.3, -0.25) is 0 Å². The number of hydrogen-bond acceptors (Lipinski definition) is 2. The average molecular weight is 323 g/mol. The summed E-state index contributed by atoms with van der Waals surface area (Å²) >= 11 is 0. The van der Waals surface area contributed by atoms with Crippen molar-refractivity contribution in [3.8, 4) is 0 Å². The third kappa shape index (κ3) is 3.37. The smallest absolute Gasteiger partial charge is 0.321 e. The van der Waals surface area contributed by atoms with Crippen LogP contribution in [0.15, 0.2) is 48.5 Å². The van der Waals surface area contributed by atoms with Gasteiger partial charge in [0.05, 0.1) is 6.04 Å². The fraction of sp³-hybridized carbons (Fsp3) is 0.350. The highest BCUT2D eigenvalue weighted by Gasteiger charge is 2.34. The highest BCUT2D eigenvalue weighted by Crippen LogP contribution is 2.23. The molecule has 1 fully saturated rings. The molecular weight excluding hydrogens is 298 g/mol. The standard InChI is InChI=1S/C20H25N3O/c1-4-23(18-8-6-5-7-9-18)19-13-22(14-19)20(24)21-17-11-10-15(2)16(3)12-17/h5-12,19H,4,13-14H2,1-3H3,(H,21,24). The first-order chi connectivity index (χ1) is 11.6. The number of benzene rings is 2. The van der Waals surface area contributed by atoms with Crippen LogP contribution < -0.4 is 10.2 Å². The average Bonchev–Trinajstić information content (AvgIpc) is 2.54. The van der Waals surface area contributed by atoms with Gasteiger partial charge in [0.1, 0.15) is 0 Å². The number of carbonyl (C=O) groups excluding carboxylic acids is 1. The number of aryl methyl sites for hydroxylation is 2. The molecule has 2 amide bonds. The molecule has 3 rings (SSSR count). The van der Waals surface area contributed by atoms with E-state index < -0.39 is 0 Å². The first-order valence-corrected chi connectivity index (χ1v) is 8.53. The van der Waals surface area contributed by atoms with Crippen molar-refractivity contribution in [1.82, 2.24) is 4.90 Å². The second kappa shape index (κ2) is 6.95. The minimum atomic E-state index is -0.0152. The second-order valence-electron chi connectivity index (χ2n) is 6.41. The number of anilines is 2. The van der Waals surface area contributed by atoms with Gasteiger partial charge in [0, 0.05) is 31.0 Å². The lowest BCUT2D eigenvalue weighted by molar-refractivity contribution is 0.161. The van der Waals surface area contributed by atoms with Crippen LogP contribution in [-0.4, -0.2) is 36.6 Å². The molecule has 1 heterocycles. The molecule has 1 aliphatic heterocycles. The number of likely N-dealkylation sites (N-methyl/N-ethyl adjacent to an activating group) is 1. The Labute approximate surface area is 144 Å². The number of nitrogens with one attached hydrogen (secondary N) is 1. The van der Waals surface area contributed by atoms with Crippen molar-refractivity contribution in [3.05, 3.63) is 59.7 Å². The van der Waals surface area contributed by atoms with E-state index in [2.05, 4.69) is 55.3 Å². The largest absolute Gasteiger partial charge is 0.365 e. The van der Waals surface area contributed by atoms with Gasteiger partial charge in [-0.25, -0.2) is 4.79 Å². The molecule has 1 N–H and O–H groups in total. The van der Waals surface area contributed by atoms with E-state index in [0.29, 0.717) is 6.04 Å². The normalized spacial score (nSPS) is 14.2. The van der Waals surface area contributed by atoms with E-state index in [-0.39, 0.29) is 6.03 Å². The van der Waals surface area contributed by atoms with Gasteiger partial charge in [0.2, 0.25) is 0 Å². The topological polar surface area (TPSA) is 35.6 Å². The van der Waals surface area contributed by atoms with Gasteiger partial charge < -0.3 is 15.1 Å². The Bertz CT molecular complexity index is 708. The van der Waals surface area contributed by atoms with E-state index in [1.165, 1.54) is 16.8 Å². The number of rotatable bonds is 4. The Kier molecular flexibility index (Phi) is 4.74. The van der Waals surface area contributed by atoms with E-state index in [0.717, 1.165) is 25.3 Å². The minimum Gasteiger partial charge on any atom is -0.365 e. The molecule has 1 aliphatic rings. The molecule has 0 aromatic heterocycles. The maximum atomic E-state index is 12.4. The van der Waals surface area contributed by atoms with E-state index in [1.54, 1.807) is 0 Å². The van der Waals surface area contributed by atoms with Crippen molar-refractivity contribution in [2.24, 2.45) is 0 Å². The fourth-order valence-corrected chi connectivity index (χ4v) is 3.11. The van der Waals surface area contributed by atoms with Gasteiger partial charge in [-0.1, -0.05) is 24.3 Å². The van der Waals surface area contributed by atoms with E-state index in [1.807, 2.05) is 29.2 Å². The van der Waals surface area contributed by atoms with E-state index in [4.69, 9.17) is 0 Å². The summed E-state index contributed by atoms with van der Waals surface area (Å²) in [5.41, 5.74) is 4.51. The Hall–Kier alpha value is -2.49. The molecule has 4 heteroatoms. The van der Waals surface area contributed by atoms with Crippen molar-refractivity contribution in [2.75, 3.05) is 29.9 Å². The minimum absolute atomic E-state index is 0.0152. The zero-order valence-corrected chi connectivity index (χ0v) is 14.6. The third-order valence-electron chi connectivity index (χ3n) is 4.78. The first-order valence-electron chi connectivity index (χ1n) is 8.53. The monoisotopic (exact) mass is 323 g/mol. The summed E-state index contributed by atoms with van der Waals surface area (Å²) < 4.78 is 0. The van der Waals surface area contributed by atoms with Gasteiger partial charge in [0.15, 0.2) is 0 Å². The summed E-state index contributed by atoms with van der Waals surface area (Å²) in [6.07, 6.45) is 0. The van der Waals surface area contributed by atoms with Gasteiger partial charge in [0.25, 0.3) is 0 Å². The lowest BCUT2D eigenvalue weighted by Crippen LogP contribution is -2.62. The van der Waals surface area contributed by atoms with Crippen LogP contribution in [0, 0.1) is 13.8 Å². The molecule has 126 valence electrons. The SMILES string of the molecule is CCN(c1ccccc1)C1CN(C(=O)Nc2ccc(C)c(C)c2)C1. The summed E-state index contributed by atoms with van der Waals surface area (Å²) in [5.74, 6) is 0. The van der Waals surface area contributed by atoms with Gasteiger partial charge >= 0.3 is 6.03 Å². The molecule has 4 nitrogen and oxygen atoms in total. The lowest BCUT2D eigenvalue weighted by Gasteiger charge is -2.46. The molecule has 0 spiro atoms. The number of nitrogens with zero attached hydrogens (tertiary/aromatic N) is 2. The Morgan fingerprint density at radius 2 is 1.83 bits per heavy atom. The summed E-state index contributed by atoms with van der Waals surface area (Å²) in [7, 11) is 0. The fourth-order valence-electron chi connectivity index (χ4n) is 3.11. The van der Waals surface area contributed by atoms with Crippen LogP contribution >= 0.6 is 0 Å². The number of carbonyl (C=O) groups is 1. The molecule has 0 aliphatic carbocycles. The van der Waals surface area contributed by atoms with Crippen molar-refractivity contribution in [3.63, 3.8) is 0 Å². The molecule has 0 radical (unpaired) electrons. The maximum absolute atomic E-state index is 12.4. The van der Waals surface area contributed by atoms with Crippen LogP contribution in [0.5, 0.6) is 0 Å². The molecule has 0 unspecified atom stereocenters. The number of urea groups is 1. The zero-order valence-electron chi connectivity index (χ0n) is 14.6. The number of hydrogen-bond donors (Lipinski definition) is 1. The first kappa shape index (κ1) is 16.4.